The molecule has 1 saturated heterocycles. The van der Waals surface area contributed by atoms with Crippen molar-refractivity contribution < 1.29 is 9.53 Å². The Kier molecular flexibility index (Phi) is 3.85. The number of ether oxygens (including phenoxy) is 1. The molecule has 1 amide bonds. The number of hydrogen-bond acceptors (Lipinski definition) is 3. The molecule has 1 fully saturated rings. The number of alkyl halides is 1. The standard InChI is InChI=1S/C15H19ClN2O2/c1-10-15(19)17-13-8-11(4-5-14(13)20-10)12(16)9-18-6-2-3-7-18/h4-5,8,10,12H,2-3,6-7,9H2,1H3,(H,17,19). The lowest BCUT2D eigenvalue weighted by Crippen LogP contribution is -2.34. The Balaban J connectivity index is 1.74. The topological polar surface area (TPSA) is 41.6 Å². The molecule has 3 rings (SSSR count). The highest BCUT2D eigenvalue weighted by Crippen LogP contribution is 2.34. The van der Waals surface area contributed by atoms with Crippen LogP contribution in [0.2, 0.25) is 0 Å². The average Bonchev–Trinajstić information content (AvgIpc) is 2.92. The van der Waals surface area contributed by atoms with Crippen LogP contribution >= 0.6 is 11.6 Å². The van der Waals surface area contributed by atoms with Gasteiger partial charge in [0.05, 0.1) is 11.1 Å². The summed E-state index contributed by atoms with van der Waals surface area (Å²) in [5.41, 5.74) is 1.74. The molecule has 2 aliphatic heterocycles. The van der Waals surface area contributed by atoms with Crippen molar-refractivity contribution in [1.29, 1.82) is 0 Å². The van der Waals surface area contributed by atoms with Crippen molar-refractivity contribution in [3.63, 3.8) is 0 Å². The van der Waals surface area contributed by atoms with Crippen LogP contribution in [0.4, 0.5) is 5.69 Å². The maximum absolute atomic E-state index is 11.6. The lowest BCUT2D eigenvalue weighted by molar-refractivity contribution is -0.122. The van der Waals surface area contributed by atoms with Gasteiger partial charge in [0.2, 0.25) is 0 Å². The Bertz CT molecular complexity index is 515. The second-order valence-corrected chi connectivity index (χ2v) is 6.01. The molecule has 2 heterocycles. The Hall–Kier alpha value is -1.26. The summed E-state index contributed by atoms with van der Waals surface area (Å²) in [5.74, 6) is 0.603. The van der Waals surface area contributed by atoms with Gasteiger partial charge in [0.25, 0.3) is 5.91 Å². The van der Waals surface area contributed by atoms with Crippen molar-refractivity contribution in [2.24, 2.45) is 0 Å². The number of nitrogens with zero attached hydrogens (tertiary/aromatic N) is 1. The molecule has 0 bridgehead atoms. The van der Waals surface area contributed by atoms with E-state index in [2.05, 4.69) is 10.2 Å². The van der Waals surface area contributed by atoms with Crippen LogP contribution in [0.15, 0.2) is 18.2 Å². The number of likely N-dealkylation sites (tertiary alicyclic amines) is 1. The summed E-state index contributed by atoms with van der Waals surface area (Å²) in [7, 11) is 0. The SMILES string of the molecule is CC1Oc2ccc(C(Cl)CN3CCCC3)cc2NC1=O. The molecule has 1 N–H and O–H groups in total. The van der Waals surface area contributed by atoms with Crippen molar-refractivity contribution >= 4 is 23.2 Å². The average molecular weight is 295 g/mol. The summed E-state index contributed by atoms with van der Waals surface area (Å²) in [6.45, 7) is 4.85. The van der Waals surface area contributed by atoms with Gasteiger partial charge in [0, 0.05) is 6.54 Å². The number of rotatable bonds is 3. The van der Waals surface area contributed by atoms with Crippen molar-refractivity contribution in [2.75, 3.05) is 25.0 Å². The molecule has 2 atom stereocenters. The number of carbonyl (C=O) groups is 1. The third kappa shape index (κ3) is 2.76. The normalized spacial score (nSPS) is 23.9. The number of halogens is 1. The second kappa shape index (κ2) is 5.62. The fourth-order valence-corrected chi connectivity index (χ4v) is 3.05. The minimum absolute atomic E-state index is 0.0605. The minimum Gasteiger partial charge on any atom is -0.479 e. The van der Waals surface area contributed by atoms with Crippen LogP contribution in [0.5, 0.6) is 5.75 Å². The molecular weight excluding hydrogens is 276 g/mol. The molecule has 4 nitrogen and oxygen atoms in total. The lowest BCUT2D eigenvalue weighted by Gasteiger charge is -2.25. The summed E-state index contributed by atoms with van der Waals surface area (Å²) in [6.07, 6.45) is 2.08. The quantitative estimate of drug-likeness (QED) is 0.872. The fraction of sp³-hybridized carbons (Fsp3) is 0.533. The summed E-state index contributed by atoms with van der Waals surface area (Å²) >= 11 is 6.50. The van der Waals surface area contributed by atoms with Gasteiger partial charge in [-0.15, -0.1) is 11.6 Å². The second-order valence-electron chi connectivity index (χ2n) is 5.48. The molecule has 0 spiro atoms. The van der Waals surface area contributed by atoms with Crippen molar-refractivity contribution in [1.82, 2.24) is 4.90 Å². The van der Waals surface area contributed by atoms with Gasteiger partial charge in [-0.3, -0.25) is 4.79 Å². The molecule has 108 valence electrons. The van der Waals surface area contributed by atoms with E-state index in [9.17, 15) is 4.79 Å². The van der Waals surface area contributed by atoms with Crippen LogP contribution in [0.3, 0.4) is 0 Å². The van der Waals surface area contributed by atoms with Crippen LogP contribution in [0, 0.1) is 0 Å². The number of carbonyl (C=O) groups excluding carboxylic acids is 1. The molecule has 2 unspecified atom stereocenters. The van der Waals surface area contributed by atoms with Crippen molar-refractivity contribution in [3.8, 4) is 5.75 Å². The van der Waals surface area contributed by atoms with E-state index < -0.39 is 6.10 Å². The molecule has 20 heavy (non-hydrogen) atoms. The van der Waals surface area contributed by atoms with Crippen LogP contribution in [0.1, 0.15) is 30.7 Å². The molecule has 1 aromatic carbocycles. The first-order valence-corrected chi connectivity index (χ1v) is 7.55. The van der Waals surface area contributed by atoms with Crippen LogP contribution in [-0.4, -0.2) is 36.5 Å². The highest BCUT2D eigenvalue weighted by molar-refractivity contribution is 6.21. The van der Waals surface area contributed by atoms with E-state index in [1.807, 2.05) is 18.2 Å². The number of anilines is 1. The van der Waals surface area contributed by atoms with Gasteiger partial charge in [-0.2, -0.15) is 0 Å². The van der Waals surface area contributed by atoms with Gasteiger partial charge < -0.3 is 15.0 Å². The zero-order valence-corrected chi connectivity index (χ0v) is 12.3. The van der Waals surface area contributed by atoms with Crippen LogP contribution in [-0.2, 0) is 4.79 Å². The lowest BCUT2D eigenvalue weighted by atomic mass is 10.1. The van der Waals surface area contributed by atoms with Crippen molar-refractivity contribution in [3.05, 3.63) is 23.8 Å². The monoisotopic (exact) mass is 294 g/mol. The number of hydrogen-bond donors (Lipinski definition) is 1. The van der Waals surface area contributed by atoms with E-state index in [-0.39, 0.29) is 11.3 Å². The molecule has 2 aliphatic rings. The predicted molar refractivity (Wildman–Crippen MR) is 79.4 cm³/mol. The number of fused-ring (bicyclic) bond motifs is 1. The number of amides is 1. The number of nitrogens with one attached hydrogen (secondary N) is 1. The van der Waals surface area contributed by atoms with Gasteiger partial charge >= 0.3 is 0 Å². The zero-order chi connectivity index (χ0) is 14.1. The van der Waals surface area contributed by atoms with E-state index >= 15 is 0 Å². The largest absolute Gasteiger partial charge is 0.479 e. The van der Waals surface area contributed by atoms with E-state index in [1.54, 1.807) is 6.92 Å². The summed E-state index contributed by atoms with van der Waals surface area (Å²) in [5, 5.41) is 2.80. The minimum atomic E-state index is -0.440. The molecule has 0 radical (unpaired) electrons. The maximum atomic E-state index is 11.6. The summed E-state index contributed by atoms with van der Waals surface area (Å²) in [6, 6.07) is 5.80. The highest BCUT2D eigenvalue weighted by atomic mass is 35.5. The predicted octanol–water partition coefficient (Wildman–Crippen LogP) is 2.78. The molecule has 0 saturated carbocycles. The Morgan fingerprint density at radius 1 is 1.45 bits per heavy atom. The van der Waals surface area contributed by atoms with Gasteiger partial charge in [0.15, 0.2) is 6.10 Å². The molecular formula is C15H19ClN2O2. The van der Waals surface area contributed by atoms with Crippen LogP contribution in [0.25, 0.3) is 0 Å². The third-order valence-electron chi connectivity index (χ3n) is 3.91. The third-order valence-corrected chi connectivity index (χ3v) is 4.30. The Morgan fingerprint density at radius 2 is 2.20 bits per heavy atom. The summed E-state index contributed by atoms with van der Waals surface area (Å²) in [4.78, 5) is 14.0. The molecule has 0 aromatic heterocycles. The van der Waals surface area contributed by atoms with E-state index in [1.165, 1.54) is 12.8 Å². The van der Waals surface area contributed by atoms with Gasteiger partial charge in [0.1, 0.15) is 5.75 Å². The maximum Gasteiger partial charge on any atom is 0.265 e. The van der Waals surface area contributed by atoms with Gasteiger partial charge in [-0.05, 0) is 50.6 Å². The first kappa shape index (κ1) is 13.7. The van der Waals surface area contributed by atoms with Crippen molar-refractivity contribution in [2.45, 2.75) is 31.2 Å². The van der Waals surface area contributed by atoms with Crippen LogP contribution < -0.4 is 10.1 Å². The number of benzene rings is 1. The molecule has 5 heteroatoms. The highest BCUT2D eigenvalue weighted by Gasteiger charge is 2.25. The first-order valence-electron chi connectivity index (χ1n) is 7.11. The Morgan fingerprint density at radius 3 is 2.95 bits per heavy atom. The molecule has 0 aliphatic carbocycles. The Labute approximate surface area is 124 Å². The van der Waals surface area contributed by atoms with E-state index in [0.29, 0.717) is 5.75 Å². The smallest absolute Gasteiger partial charge is 0.265 e. The van der Waals surface area contributed by atoms with E-state index in [4.69, 9.17) is 16.3 Å². The van der Waals surface area contributed by atoms with E-state index in [0.717, 1.165) is 30.9 Å². The fourth-order valence-electron chi connectivity index (χ4n) is 2.72. The van der Waals surface area contributed by atoms with Gasteiger partial charge in [-0.1, -0.05) is 6.07 Å². The van der Waals surface area contributed by atoms with Gasteiger partial charge in [-0.25, -0.2) is 0 Å². The zero-order valence-electron chi connectivity index (χ0n) is 11.6. The first-order chi connectivity index (χ1) is 9.63. The summed E-state index contributed by atoms with van der Waals surface area (Å²) < 4.78 is 5.55. The molecule has 1 aromatic rings.